The maximum Gasteiger partial charge on any atom is 0.101 e. The second-order valence-corrected chi connectivity index (χ2v) is 4.79. The molecule has 1 atom stereocenters. The zero-order chi connectivity index (χ0) is 12.3. The van der Waals surface area contributed by atoms with Crippen LogP contribution < -0.4 is 10.2 Å². The van der Waals surface area contributed by atoms with Gasteiger partial charge < -0.3 is 10.2 Å². The van der Waals surface area contributed by atoms with Gasteiger partial charge in [0.1, 0.15) is 6.07 Å². The van der Waals surface area contributed by atoms with Gasteiger partial charge in [-0.15, -0.1) is 0 Å². The van der Waals surface area contributed by atoms with Gasteiger partial charge in [0, 0.05) is 13.1 Å². The normalized spacial score (nSPS) is 19.4. The molecule has 0 saturated carbocycles. The van der Waals surface area contributed by atoms with Crippen molar-refractivity contribution in [3.63, 3.8) is 0 Å². The highest BCUT2D eigenvalue weighted by Gasteiger charge is 2.23. The van der Waals surface area contributed by atoms with E-state index >= 15 is 0 Å². The van der Waals surface area contributed by atoms with Gasteiger partial charge in [-0.25, -0.2) is 0 Å². The third-order valence-electron chi connectivity index (χ3n) is 3.39. The lowest BCUT2D eigenvalue weighted by Crippen LogP contribution is -2.24. The predicted molar refractivity (Wildman–Crippen MR) is 70.1 cm³/mol. The highest BCUT2D eigenvalue weighted by atomic mass is 15.2. The Morgan fingerprint density at radius 3 is 3.06 bits per heavy atom. The maximum absolute atomic E-state index is 9.15. The second kappa shape index (κ2) is 5.20. The zero-order valence-corrected chi connectivity index (χ0v) is 10.5. The highest BCUT2D eigenvalue weighted by molar-refractivity contribution is 5.61. The fourth-order valence-electron chi connectivity index (χ4n) is 2.50. The lowest BCUT2D eigenvalue weighted by atomic mass is 10.1. The molecule has 1 aromatic rings. The molecule has 3 heteroatoms. The van der Waals surface area contributed by atoms with Gasteiger partial charge >= 0.3 is 0 Å². The molecule has 1 aliphatic heterocycles. The van der Waals surface area contributed by atoms with Crippen molar-refractivity contribution >= 4 is 5.69 Å². The van der Waals surface area contributed by atoms with E-state index in [1.165, 1.54) is 12.0 Å². The molecule has 0 bridgehead atoms. The van der Waals surface area contributed by atoms with Gasteiger partial charge in [-0.3, -0.25) is 0 Å². The Hall–Kier alpha value is -1.53. The Morgan fingerprint density at radius 2 is 2.35 bits per heavy atom. The molecule has 0 aromatic heterocycles. The molecule has 0 amide bonds. The summed E-state index contributed by atoms with van der Waals surface area (Å²) in [6, 6.07) is 8.34. The summed E-state index contributed by atoms with van der Waals surface area (Å²) in [4.78, 5) is 2.34. The largest absolute Gasteiger partial charge is 0.370 e. The van der Waals surface area contributed by atoms with E-state index in [0.29, 0.717) is 5.92 Å². The van der Waals surface area contributed by atoms with E-state index in [9.17, 15) is 0 Å². The summed E-state index contributed by atoms with van der Waals surface area (Å²) in [6.45, 7) is 5.25. The summed E-state index contributed by atoms with van der Waals surface area (Å²) in [5.41, 5.74) is 3.11. The monoisotopic (exact) mass is 229 g/mol. The lowest BCUT2D eigenvalue weighted by Gasteiger charge is -2.20. The molecular formula is C14H19N3. The van der Waals surface area contributed by atoms with Crippen LogP contribution in [-0.4, -0.2) is 26.7 Å². The number of nitrogens with zero attached hydrogens (tertiary/aromatic N) is 2. The minimum Gasteiger partial charge on any atom is -0.370 e. The van der Waals surface area contributed by atoms with Gasteiger partial charge in [0.05, 0.1) is 11.3 Å². The molecule has 0 radical (unpaired) electrons. The highest BCUT2D eigenvalue weighted by Crippen LogP contribution is 2.27. The van der Waals surface area contributed by atoms with Crippen LogP contribution in [0, 0.1) is 24.2 Å². The van der Waals surface area contributed by atoms with Crippen molar-refractivity contribution in [3.8, 4) is 6.07 Å². The summed E-state index contributed by atoms with van der Waals surface area (Å²) in [5, 5.41) is 12.4. The van der Waals surface area contributed by atoms with Crippen LogP contribution in [-0.2, 0) is 0 Å². The Labute approximate surface area is 103 Å². The van der Waals surface area contributed by atoms with Gasteiger partial charge in [0.15, 0.2) is 0 Å². The lowest BCUT2D eigenvalue weighted by molar-refractivity contribution is 0.549. The smallest absolute Gasteiger partial charge is 0.101 e. The summed E-state index contributed by atoms with van der Waals surface area (Å²) in [7, 11) is 2.00. The SMILES string of the molecule is CNCC1CCN(c2cc(C)ccc2C#N)C1. The van der Waals surface area contributed by atoms with Gasteiger partial charge in [-0.05, 0) is 50.6 Å². The van der Waals surface area contributed by atoms with Crippen LogP contribution in [0.2, 0.25) is 0 Å². The van der Waals surface area contributed by atoms with E-state index in [0.717, 1.165) is 30.9 Å². The van der Waals surface area contributed by atoms with Crippen LogP contribution >= 0.6 is 0 Å². The van der Waals surface area contributed by atoms with E-state index in [1.54, 1.807) is 0 Å². The summed E-state index contributed by atoms with van der Waals surface area (Å²) in [5.74, 6) is 0.701. The predicted octanol–water partition coefficient (Wildman–Crippen LogP) is 1.91. The van der Waals surface area contributed by atoms with Crippen LogP contribution in [0.5, 0.6) is 0 Å². The van der Waals surface area contributed by atoms with Crippen molar-refractivity contribution in [1.82, 2.24) is 5.32 Å². The summed E-state index contributed by atoms with van der Waals surface area (Å²) in [6.07, 6.45) is 1.21. The topological polar surface area (TPSA) is 39.1 Å². The molecule has 90 valence electrons. The fraction of sp³-hybridized carbons (Fsp3) is 0.500. The molecule has 1 saturated heterocycles. The number of benzene rings is 1. The van der Waals surface area contributed by atoms with Crippen molar-refractivity contribution in [2.24, 2.45) is 5.92 Å². The molecule has 17 heavy (non-hydrogen) atoms. The molecule has 1 unspecified atom stereocenters. The Bertz CT molecular complexity index is 434. The third kappa shape index (κ3) is 2.59. The van der Waals surface area contributed by atoms with Gasteiger partial charge in [-0.1, -0.05) is 6.07 Å². The van der Waals surface area contributed by atoms with E-state index in [-0.39, 0.29) is 0 Å². The van der Waals surface area contributed by atoms with E-state index in [2.05, 4.69) is 29.3 Å². The average Bonchev–Trinajstić information content (AvgIpc) is 2.78. The average molecular weight is 229 g/mol. The van der Waals surface area contributed by atoms with Gasteiger partial charge in [0.25, 0.3) is 0 Å². The van der Waals surface area contributed by atoms with Crippen molar-refractivity contribution < 1.29 is 0 Å². The number of anilines is 1. The van der Waals surface area contributed by atoms with E-state index in [4.69, 9.17) is 5.26 Å². The molecule has 3 nitrogen and oxygen atoms in total. The van der Waals surface area contributed by atoms with Gasteiger partial charge in [0.2, 0.25) is 0 Å². The van der Waals surface area contributed by atoms with E-state index in [1.807, 2.05) is 19.2 Å². The number of hydrogen-bond donors (Lipinski definition) is 1. The summed E-state index contributed by atoms with van der Waals surface area (Å²) >= 11 is 0. The molecule has 1 fully saturated rings. The maximum atomic E-state index is 9.15. The number of hydrogen-bond acceptors (Lipinski definition) is 3. The van der Waals surface area contributed by atoms with Crippen LogP contribution in [0.25, 0.3) is 0 Å². The zero-order valence-electron chi connectivity index (χ0n) is 10.5. The minimum atomic E-state index is 0.701. The third-order valence-corrected chi connectivity index (χ3v) is 3.39. The molecular weight excluding hydrogens is 210 g/mol. The van der Waals surface area contributed by atoms with E-state index < -0.39 is 0 Å². The standard InChI is InChI=1S/C14H19N3/c1-11-3-4-13(8-15)14(7-11)17-6-5-12(10-17)9-16-2/h3-4,7,12,16H,5-6,9-10H2,1-2H3. The first-order valence-electron chi connectivity index (χ1n) is 6.15. The van der Waals surface area contributed by atoms with Crippen molar-refractivity contribution in [1.29, 1.82) is 5.26 Å². The second-order valence-electron chi connectivity index (χ2n) is 4.79. The quantitative estimate of drug-likeness (QED) is 0.860. The summed E-state index contributed by atoms with van der Waals surface area (Å²) < 4.78 is 0. The van der Waals surface area contributed by atoms with Gasteiger partial charge in [-0.2, -0.15) is 5.26 Å². The Morgan fingerprint density at radius 1 is 1.53 bits per heavy atom. The Balaban J connectivity index is 2.18. The number of aryl methyl sites for hydroxylation is 1. The molecule has 1 aromatic carbocycles. The molecule has 2 rings (SSSR count). The molecule has 1 heterocycles. The first kappa shape index (κ1) is 11.9. The van der Waals surface area contributed by atoms with Crippen molar-refractivity contribution in [2.45, 2.75) is 13.3 Å². The Kier molecular flexibility index (Phi) is 3.65. The van der Waals surface area contributed by atoms with Crippen molar-refractivity contribution in [3.05, 3.63) is 29.3 Å². The number of nitriles is 1. The number of rotatable bonds is 3. The number of nitrogens with one attached hydrogen (secondary N) is 1. The molecule has 0 spiro atoms. The van der Waals surface area contributed by atoms with Crippen LogP contribution in [0.4, 0.5) is 5.69 Å². The van der Waals surface area contributed by atoms with Crippen LogP contribution in [0.1, 0.15) is 17.5 Å². The minimum absolute atomic E-state index is 0.701. The fourth-order valence-corrected chi connectivity index (χ4v) is 2.50. The van der Waals surface area contributed by atoms with Crippen molar-refractivity contribution in [2.75, 3.05) is 31.6 Å². The molecule has 0 aliphatic carbocycles. The molecule has 1 aliphatic rings. The van der Waals surface area contributed by atoms with Crippen LogP contribution in [0.3, 0.4) is 0 Å². The first-order valence-corrected chi connectivity index (χ1v) is 6.15. The first-order chi connectivity index (χ1) is 8.24. The molecule has 1 N–H and O–H groups in total. The van der Waals surface area contributed by atoms with Crippen LogP contribution in [0.15, 0.2) is 18.2 Å².